The Labute approximate surface area is 80.9 Å². The van der Waals surface area contributed by atoms with Gasteiger partial charge in [-0.1, -0.05) is 35.3 Å². The summed E-state index contributed by atoms with van der Waals surface area (Å²) >= 11 is 11.6. The number of aliphatic hydroxyl groups excluding tert-OH is 1. The van der Waals surface area contributed by atoms with Gasteiger partial charge in [-0.15, -0.1) is 0 Å². The van der Waals surface area contributed by atoms with Crippen LogP contribution in [0.3, 0.4) is 0 Å². The first kappa shape index (κ1) is 9.81. The summed E-state index contributed by atoms with van der Waals surface area (Å²) in [5.74, 6) is 0. The molecule has 0 saturated carbocycles. The highest BCUT2D eigenvalue weighted by Gasteiger charge is 2.10. The van der Waals surface area contributed by atoms with Gasteiger partial charge in [0.15, 0.2) is 0 Å². The van der Waals surface area contributed by atoms with Gasteiger partial charge in [-0.3, -0.25) is 0 Å². The monoisotopic (exact) mass is 205 g/mol. The topological polar surface area (TPSA) is 46.2 Å². The van der Waals surface area contributed by atoms with E-state index >= 15 is 0 Å². The van der Waals surface area contributed by atoms with Crippen LogP contribution in [0.2, 0.25) is 10.0 Å². The molecule has 0 aliphatic rings. The highest BCUT2D eigenvalue weighted by Crippen LogP contribution is 2.29. The molecule has 1 aromatic rings. The first-order valence-electron chi connectivity index (χ1n) is 3.49. The van der Waals surface area contributed by atoms with Crippen LogP contribution in [0.15, 0.2) is 18.2 Å². The zero-order valence-corrected chi connectivity index (χ0v) is 7.81. The molecule has 1 atom stereocenters. The number of rotatable bonds is 2. The minimum Gasteiger partial charge on any atom is -0.387 e. The zero-order chi connectivity index (χ0) is 9.14. The van der Waals surface area contributed by atoms with Crippen LogP contribution in [-0.4, -0.2) is 11.7 Å². The Bertz CT molecular complexity index is 278. The van der Waals surface area contributed by atoms with E-state index in [1.54, 1.807) is 18.2 Å². The van der Waals surface area contributed by atoms with E-state index < -0.39 is 6.10 Å². The maximum Gasteiger partial charge on any atom is 0.0927 e. The minimum atomic E-state index is -0.740. The van der Waals surface area contributed by atoms with Crippen LogP contribution in [0.5, 0.6) is 0 Å². The number of nitrogens with two attached hydrogens (primary N) is 1. The SMILES string of the molecule is NC[C@@H](O)c1cccc(Cl)c1Cl. The predicted molar refractivity (Wildman–Crippen MR) is 50.5 cm³/mol. The summed E-state index contributed by atoms with van der Waals surface area (Å²) in [6, 6.07) is 5.09. The third-order valence-electron chi connectivity index (χ3n) is 1.56. The molecule has 66 valence electrons. The van der Waals surface area contributed by atoms with Crippen molar-refractivity contribution in [2.75, 3.05) is 6.54 Å². The van der Waals surface area contributed by atoms with E-state index in [9.17, 15) is 5.11 Å². The molecule has 0 spiro atoms. The van der Waals surface area contributed by atoms with Crippen molar-refractivity contribution in [3.05, 3.63) is 33.8 Å². The molecule has 1 aromatic carbocycles. The smallest absolute Gasteiger partial charge is 0.0927 e. The minimum absolute atomic E-state index is 0.139. The van der Waals surface area contributed by atoms with Crippen molar-refractivity contribution in [3.63, 3.8) is 0 Å². The Morgan fingerprint density at radius 1 is 1.42 bits per heavy atom. The third-order valence-corrected chi connectivity index (χ3v) is 2.40. The molecule has 0 aromatic heterocycles. The summed E-state index contributed by atoms with van der Waals surface area (Å²) in [6.45, 7) is 0.139. The van der Waals surface area contributed by atoms with Gasteiger partial charge in [0.05, 0.1) is 16.1 Å². The average molecular weight is 206 g/mol. The standard InChI is InChI=1S/C8H9Cl2NO/c9-6-3-1-2-5(8(6)10)7(12)4-11/h1-3,7,12H,4,11H2/t7-/m1/s1. The quantitative estimate of drug-likeness (QED) is 0.777. The van der Waals surface area contributed by atoms with E-state index in [2.05, 4.69) is 0 Å². The molecule has 3 N–H and O–H groups in total. The second-order valence-corrected chi connectivity index (χ2v) is 3.18. The van der Waals surface area contributed by atoms with Gasteiger partial charge in [0.1, 0.15) is 0 Å². The van der Waals surface area contributed by atoms with Crippen molar-refractivity contribution in [1.82, 2.24) is 0 Å². The van der Waals surface area contributed by atoms with Crippen molar-refractivity contribution in [2.24, 2.45) is 5.73 Å². The maximum absolute atomic E-state index is 9.37. The van der Waals surface area contributed by atoms with Crippen LogP contribution >= 0.6 is 23.2 Å². The number of hydrogen-bond donors (Lipinski definition) is 2. The Hall–Kier alpha value is -0.280. The highest BCUT2D eigenvalue weighted by molar-refractivity contribution is 6.42. The van der Waals surface area contributed by atoms with E-state index in [4.69, 9.17) is 28.9 Å². The van der Waals surface area contributed by atoms with Crippen molar-refractivity contribution < 1.29 is 5.11 Å². The Morgan fingerprint density at radius 3 is 2.67 bits per heavy atom. The molecule has 0 aliphatic heterocycles. The van der Waals surface area contributed by atoms with E-state index in [0.29, 0.717) is 15.6 Å². The maximum atomic E-state index is 9.37. The van der Waals surface area contributed by atoms with E-state index in [1.807, 2.05) is 0 Å². The van der Waals surface area contributed by atoms with Crippen molar-refractivity contribution >= 4 is 23.2 Å². The summed E-state index contributed by atoms with van der Waals surface area (Å²) in [4.78, 5) is 0. The van der Waals surface area contributed by atoms with Gasteiger partial charge in [0, 0.05) is 12.1 Å². The van der Waals surface area contributed by atoms with Gasteiger partial charge in [-0.25, -0.2) is 0 Å². The lowest BCUT2D eigenvalue weighted by atomic mass is 10.1. The van der Waals surface area contributed by atoms with E-state index in [1.165, 1.54) is 0 Å². The molecule has 0 aliphatic carbocycles. The highest BCUT2D eigenvalue weighted by atomic mass is 35.5. The molecular formula is C8H9Cl2NO. The van der Waals surface area contributed by atoms with Gasteiger partial charge in [0.2, 0.25) is 0 Å². The first-order valence-corrected chi connectivity index (χ1v) is 4.24. The summed E-state index contributed by atoms with van der Waals surface area (Å²) in [7, 11) is 0. The molecular weight excluding hydrogens is 197 g/mol. The lowest BCUT2D eigenvalue weighted by molar-refractivity contribution is 0.187. The molecule has 0 saturated heterocycles. The molecule has 1 rings (SSSR count). The number of hydrogen-bond acceptors (Lipinski definition) is 2. The average Bonchev–Trinajstić information content (AvgIpc) is 2.08. The summed E-state index contributed by atoms with van der Waals surface area (Å²) in [5.41, 5.74) is 5.85. The van der Waals surface area contributed by atoms with Crippen LogP contribution in [0, 0.1) is 0 Å². The van der Waals surface area contributed by atoms with Gasteiger partial charge in [-0.05, 0) is 6.07 Å². The second kappa shape index (κ2) is 4.10. The van der Waals surface area contributed by atoms with Gasteiger partial charge < -0.3 is 10.8 Å². The van der Waals surface area contributed by atoms with Crippen LogP contribution in [-0.2, 0) is 0 Å². The molecule has 0 unspecified atom stereocenters. The largest absolute Gasteiger partial charge is 0.387 e. The molecule has 0 heterocycles. The summed E-state index contributed by atoms with van der Waals surface area (Å²) in [6.07, 6.45) is -0.740. The molecule has 0 bridgehead atoms. The zero-order valence-electron chi connectivity index (χ0n) is 6.30. The number of benzene rings is 1. The Morgan fingerprint density at radius 2 is 2.08 bits per heavy atom. The molecule has 0 amide bonds. The van der Waals surface area contributed by atoms with E-state index in [-0.39, 0.29) is 6.54 Å². The molecule has 2 nitrogen and oxygen atoms in total. The van der Waals surface area contributed by atoms with Crippen LogP contribution < -0.4 is 5.73 Å². The fraction of sp³-hybridized carbons (Fsp3) is 0.250. The molecule has 12 heavy (non-hydrogen) atoms. The summed E-state index contributed by atoms with van der Waals surface area (Å²) < 4.78 is 0. The molecule has 4 heteroatoms. The van der Waals surface area contributed by atoms with Crippen molar-refractivity contribution in [1.29, 1.82) is 0 Å². The number of halogens is 2. The van der Waals surface area contributed by atoms with Crippen LogP contribution in [0.4, 0.5) is 0 Å². The van der Waals surface area contributed by atoms with Crippen LogP contribution in [0.1, 0.15) is 11.7 Å². The fourth-order valence-electron chi connectivity index (χ4n) is 0.905. The first-order chi connectivity index (χ1) is 5.66. The van der Waals surface area contributed by atoms with Gasteiger partial charge >= 0.3 is 0 Å². The molecule has 0 radical (unpaired) electrons. The van der Waals surface area contributed by atoms with Crippen molar-refractivity contribution in [2.45, 2.75) is 6.10 Å². The van der Waals surface area contributed by atoms with Gasteiger partial charge in [-0.2, -0.15) is 0 Å². The lowest BCUT2D eigenvalue weighted by Crippen LogP contribution is -2.11. The Balaban J connectivity index is 3.07. The van der Waals surface area contributed by atoms with E-state index in [0.717, 1.165) is 0 Å². The summed E-state index contributed by atoms with van der Waals surface area (Å²) in [5, 5.41) is 10.2. The van der Waals surface area contributed by atoms with Crippen molar-refractivity contribution in [3.8, 4) is 0 Å². The van der Waals surface area contributed by atoms with Crippen LogP contribution in [0.25, 0.3) is 0 Å². The molecule has 0 fully saturated rings. The fourth-order valence-corrected chi connectivity index (χ4v) is 1.34. The predicted octanol–water partition coefficient (Wildman–Crippen LogP) is 1.99. The Kier molecular flexibility index (Phi) is 3.35. The second-order valence-electron chi connectivity index (χ2n) is 2.39. The number of aliphatic hydroxyl groups is 1. The third kappa shape index (κ3) is 1.90. The lowest BCUT2D eigenvalue weighted by Gasteiger charge is -2.10. The van der Waals surface area contributed by atoms with Gasteiger partial charge in [0.25, 0.3) is 0 Å². The normalized spacial score (nSPS) is 13.0.